The van der Waals surface area contributed by atoms with Crippen LogP contribution in [0.2, 0.25) is 0 Å². The third-order valence-electron chi connectivity index (χ3n) is 7.94. The molecule has 0 N–H and O–H groups in total. The summed E-state index contributed by atoms with van der Waals surface area (Å²) in [5, 5.41) is 24.5. The van der Waals surface area contributed by atoms with Gasteiger partial charge in [-0.3, -0.25) is 0 Å². The monoisotopic (exact) mass is 536 g/mol. The summed E-state index contributed by atoms with van der Waals surface area (Å²) >= 11 is 0. The summed E-state index contributed by atoms with van der Waals surface area (Å²) in [7, 11) is 0. The Balaban J connectivity index is 1.37. The van der Waals surface area contributed by atoms with Crippen LogP contribution in [0.3, 0.4) is 0 Å². The maximum absolute atomic E-state index is 10.4. The van der Waals surface area contributed by atoms with Crippen LogP contribution in [-0.4, -0.2) is 9.55 Å². The maximum atomic E-state index is 10.4. The Morgan fingerprint density at radius 2 is 1.36 bits per heavy atom. The maximum Gasteiger partial charge on any atom is 0.148 e. The number of para-hydroxylation sites is 2. The van der Waals surface area contributed by atoms with E-state index < -0.39 is 0 Å². The fourth-order valence-electron chi connectivity index (χ4n) is 6.00. The molecule has 194 valence electrons. The molecule has 8 rings (SSSR count). The number of nitrogens with zero attached hydrogens (tertiary/aromatic N) is 4. The first kappa shape index (κ1) is 23.7. The second-order valence-electron chi connectivity index (χ2n) is 10.3. The molecular weight excluding hydrogens is 516 g/mol. The van der Waals surface area contributed by atoms with Crippen LogP contribution in [0.25, 0.3) is 71.7 Å². The Hall–Kier alpha value is -6.17. The van der Waals surface area contributed by atoms with Crippen molar-refractivity contribution >= 4 is 43.7 Å². The van der Waals surface area contributed by atoms with Crippen molar-refractivity contribution in [2.24, 2.45) is 0 Å². The average molecular weight is 537 g/mol. The summed E-state index contributed by atoms with van der Waals surface area (Å²) in [4.78, 5) is 4.45. The molecule has 5 heteroatoms. The molecule has 0 saturated heterocycles. The molecule has 0 fully saturated rings. The first-order valence-corrected chi connectivity index (χ1v) is 13.6. The Morgan fingerprint density at radius 3 is 2.19 bits per heavy atom. The van der Waals surface area contributed by atoms with Crippen molar-refractivity contribution in [3.8, 4) is 40.1 Å². The second-order valence-corrected chi connectivity index (χ2v) is 10.3. The van der Waals surface area contributed by atoms with Gasteiger partial charge >= 0.3 is 0 Å². The molecule has 0 unspecified atom stereocenters. The van der Waals surface area contributed by atoms with Gasteiger partial charge in [0.1, 0.15) is 29.0 Å². The lowest BCUT2D eigenvalue weighted by atomic mass is 9.97. The first-order chi connectivity index (χ1) is 20.7. The highest BCUT2D eigenvalue weighted by atomic mass is 16.3. The van der Waals surface area contributed by atoms with Gasteiger partial charge in [0.15, 0.2) is 0 Å². The van der Waals surface area contributed by atoms with E-state index in [-0.39, 0.29) is 0 Å². The zero-order valence-corrected chi connectivity index (χ0v) is 22.2. The largest absolute Gasteiger partial charge is 0.456 e. The van der Waals surface area contributed by atoms with Gasteiger partial charge in [0.25, 0.3) is 0 Å². The van der Waals surface area contributed by atoms with Crippen molar-refractivity contribution in [1.29, 1.82) is 10.5 Å². The number of fused-ring (bicyclic) bond motifs is 6. The van der Waals surface area contributed by atoms with E-state index in [1.165, 1.54) is 0 Å². The number of furan rings is 1. The van der Waals surface area contributed by atoms with E-state index >= 15 is 0 Å². The van der Waals surface area contributed by atoms with Crippen molar-refractivity contribution in [2.75, 3.05) is 0 Å². The third-order valence-corrected chi connectivity index (χ3v) is 7.94. The van der Waals surface area contributed by atoms with Crippen LogP contribution < -0.4 is 0 Å². The minimum Gasteiger partial charge on any atom is -0.456 e. The fraction of sp³-hybridized carbons (Fsp3) is 0. The van der Waals surface area contributed by atoms with Crippen LogP contribution in [0.1, 0.15) is 11.3 Å². The summed E-state index contributed by atoms with van der Waals surface area (Å²) in [5.41, 5.74) is 8.63. The van der Waals surface area contributed by atoms with Crippen LogP contribution >= 0.6 is 0 Å². The van der Waals surface area contributed by atoms with Gasteiger partial charge in [0, 0.05) is 38.9 Å². The molecule has 0 spiro atoms. The minimum atomic E-state index is 0.317. The summed E-state index contributed by atoms with van der Waals surface area (Å²) in [6.07, 6.45) is 1.72. The van der Waals surface area contributed by atoms with Crippen molar-refractivity contribution in [3.05, 3.63) is 133 Å². The molecule has 3 aromatic heterocycles. The smallest absolute Gasteiger partial charge is 0.148 e. The van der Waals surface area contributed by atoms with Gasteiger partial charge in [0.2, 0.25) is 0 Å². The molecule has 0 amide bonds. The number of hydrogen-bond acceptors (Lipinski definition) is 4. The molecular formula is C37H20N4O. The topological polar surface area (TPSA) is 78.5 Å². The van der Waals surface area contributed by atoms with Crippen LogP contribution in [0, 0.1) is 22.7 Å². The van der Waals surface area contributed by atoms with Gasteiger partial charge in [-0.05, 0) is 53.6 Å². The Labute approximate surface area is 240 Å². The highest BCUT2D eigenvalue weighted by Gasteiger charge is 2.19. The minimum absolute atomic E-state index is 0.317. The first-order valence-electron chi connectivity index (χ1n) is 13.6. The summed E-state index contributed by atoms with van der Waals surface area (Å²) in [5.74, 6) is 0. The number of rotatable bonds is 3. The molecule has 0 aliphatic carbocycles. The Morgan fingerprint density at radius 1 is 0.571 bits per heavy atom. The van der Waals surface area contributed by atoms with Crippen LogP contribution in [0.4, 0.5) is 0 Å². The van der Waals surface area contributed by atoms with Gasteiger partial charge in [-0.1, -0.05) is 72.8 Å². The molecule has 5 aromatic carbocycles. The Kier molecular flexibility index (Phi) is 5.19. The molecule has 0 aliphatic rings. The van der Waals surface area contributed by atoms with Crippen molar-refractivity contribution in [2.45, 2.75) is 0 Å². The average Bonchev–Trinajstić information content (AvgIpc) is 3.58. The second kappa shape index (κ2) is 9.20. The van der Waals surface area contributed by atoms with Crippen LogP contribution in [0.5, 0.6) is 0 Å². The standard InChI is InChI=1S/C37H20N4O/c38-20-25-16-24(29-17-26(22-40-32(29)21-39)23-8-2-1-3-9-23)14-15-33(25)41-34-12-6-4-10-27(34)30-19-37-31(18-35(30)41)28-11-5-7-13-36(28)42-37/h1-19,22H. The number of nitriles is 2. The van der Waals surface area contributed by atoms with Crippen molar-refractivity contribution < 1.29 is 4.42 Å². The van der Waals surface area contributed by atoms with E-state index in [0.717, 1.165) is 66.1 Å². The summed E-state index contributed by atoms with van der Waals surface area (Å²) < 4.78 is 8.35. The van der Waals surface area contributed by atoms with Gasteiger partial charge in [-0.2, -0.15) is 10.5 Å². The highest BCUT2D eigenvalue weighted by Crippen LogP contribution is 2.39. The lowest BCUT2D eigenvalue weighted by molar-refractivity contribution is 0.669. The van der Waals surface area contributed by atoms with Gasteiger partial charge < -0.3 is 8.98 Å². The quantitative estimate of drug-likeness (QED) is 0.225. The van der Waals surface area contributed by atoms with Crippen LogP contribution in [-0.2, 0) is 0 Å². The normalized spacial score (nSPS) is 11.3. The Bertz CT molecular complexity index is 2440. The SMILES string of the molecule is N#Cc1cc(-c2cc(-c3ccccc3)cnc2C#N)ccc1-n1c2ccccc2c2cc3oc4ccccc4c3cc21. The van der Waals surface area contributed by atoms with E-state index in [1.54, 1.807) is 6.20 Å². The lowest BCUT2D eigenvalue weighted by Crippen LogP contribution is -1.99. The third kappa shape index (κ3) is 3.52. The number of pyridine rings is 1. The summed E-state index contributed by atoms with van der Waals surface area (Å²) in [6.45, 7) is 0. The van der Waals surface area contributed by atoms with Gasteiger partial charge in [-0.15, -0.1) is 0 Å². The van der Waals surface area contributed by atoms with Crippen molar-refractivity contribution in [3.63, 3.8) is 0 Å². The molecule has 0 atom stereocenters. The molecule has 0 aliphatic heterocycles. The molecule has 42 heavy (non-hydrogen) atoms. The molecule has 0 bridgehead atoms. The zero-order valence-electron chi connectivity index (χ0n) is 22.2. The zero-order chi connectivity index (χ0) is 28.2. The van der Waals surface area contributed by atoms with E-state index in [1.807, 2.05) is 84.9 Å². The van der Waals surface area contributed by atoms with E-state index in [0.29, 0.717) is 16.8 Å². The lowest BCUT2D eigenvalue weighted by Gasteiger charge is -2.13. The van der Waals surface area contributed by atoms with E-state index in [9.17, 15) is 10.5 Å². The predicted octanol–water partition coefficient (Wildman–Crippen LogP) is 9.16. The van der Waals surface area contributed by atoms with E-state index in [4.69, 9.17) is 4.42 Å². The highest BCUT2D eigenvalue weighted by molar-refractivity contribution is 6.17. The number of hydrogen-bond donors (Lipinski definition) is 0. The van der Waals surface area contributed by atoms with E-state index in [2.05, 4.69) is 52.0 Å². The molecule has 5 nitrogen and oxygen atoms in total. The fourth-order valence-corrected chi connectivity index (χ4v) is 6.00. The van der Waals surface area contributed by atoms with Gasteiger partial charge in [-0.25, -0.2) is 4.98 Å². The van der Waals surface area contributed by atoms with Crippen LogP contribution in [0.15, 0.2) is 126 Å². The molecule has 0 radical (unpaired) electrons. The molecule has 8 aromatic rings. The number of aromatic nitrogens is 2. The molecule has 3 heterocycles. The number of benzene rings is 5. The summed E-state index contributed by atoms with van der Waals surface area (Å²) in [6, 6.07) is 42.9. The molecule has 0 saturated carbocycles. The van der Waals surface area contributed by atoms with Crippen molar-refractivity contribution in [1.82, 2.24) is 9.55 Å². The van der Waals surface area contributed by atoms with Gasteiger partial charge in [0.05, 0.1) is 22.3 Å². The predicted molar refractivity (Wildman–Crippen MR) is 166 cm³/mol.